The molecule has 0 aliphatic carbocycles. The quantitative estimate of drug-likeness (QED) is 0.0346. The van der Waals surface area contributed by atoms with Gasteiger partial charge in [-0.3, -0.25) is 9.59 Å². The van der Waals surface area contributed by atoms with Crippen LogP contribution >= 0.6 is 0 Å². The summed E-state index contributed by atoms with van der Waals surface area (Å²) in [5.74, 6) is -0.439. The van der Waals surface area contributed by atoms with E-state index in [2.05, 4.69) is 106 Å². The van der Waals surface area contributed by atoms with Crippen molar-refractivity contribution < 1.29 is 23.8 Å². The second-order valence-electron chi connectivity index (χ2n) is 17.7. The van der Waals surface area contributed by atoms with E-state index in [4.69, 9.17) is 14.2 Å². The molecule has 0 bridgehead atoms. The number of rotatable bonds is 49. The van der Waals surface area contributed by atoms with Gasteiger partial charge in [-0.15, -0.1) is 0 Å². The van der Waals surface area contributed by atoms with Crippen molar-refractivity contribution >= 4 is 11.9 Å². The van der Waals surface area contributed by atoms with E-state index >= 15 is 0 Å². The Bertz CT molecular complexity index is 1190. The number of carbonyl (C=O) groups excluding carboxylic acids is 2. The van der Waals surface area contributed by atoms with Gasteiger partial charge in [0.05, 0.1) is 6.61 Å². The van der Waals surface area contributed by atoms with Crippen LogP contribution in [0.25, 0.3) is 0 Å². The minimum atomic E-state index is -0.563. The van der Waals surface area contributed by atoms with E-state index < -0.39 is 6.10 Å². The molecule has 0 rings (SSSR count). The van der Waals surface area contributed by atoms with Crippen LogP contribution in [0.5, 0.6) is 0 Å². The molecule has 0 saturated heterocycles. The van der Waals surface area contributed by atoms with Crippen LogP contribution in [0.4, 0.5) is 0 Å². The fraction of sp³-hybridized carbons (Fsp3) is 0.729. The van der Waals surface area contributed by atoms with Crippen molar-refractivity contribution in [1.82, 2.24) is 0 Å². The van der Waals surface area contributed by atoms with Crippen molar-refractivity contribution in [1.29, 1.82) is 0 Å². The van der Waals surface area contributed by atoms with Gasteiger partial charge in [0.25, 0.3) is 0 Å². The summed E-state index contributed by atoms with van der Waals surface area (Å²) >= 11 is 0. The van der Waals surface area contributed by atoms with Gasteiger partial charge in [0.2, 0.25) is 0 Å². The summed E-state index contributed by atoms with van der Waals surface area (Å²) in [4.78, 5) is 25.4. The molecule has 64 heavy (non-hydrogen) atoms. The molecule has 0 saturated carbocycles. The Balaban J connectivity index is 4.29. The molecule has 368 valence electrons. The predicted octanol–water partition coefficient (Wildman–Crippen LogP) is 18.5. The van der Waals surface area contributed by atoms with Gasteiger partial charge in [-0.2, -0.15) is 0 Å². The highest BCUT2D eigenvalue weighted by Crippen LogP contribution is 2.14. The summed E-state index contributed by atoms with van der Waals surface area (Å²) in [5.41, 5.74) is 0. The Morgan fingerprint density at radius 3 is 1.16 bits per heavy atom. The first-order chi connectivity index (χ1) is 31.6. The first kappa shape index (κ1) is 61.1. The summed E-state index contributed by atoms with van der Waals surface area (Å²) in [6, 6.07) is 0. The van der Waals surface area contributed by atoms with Crippen molar-refractivity contribution in [3.8, 4) is 0 Å². The van der Waals surface area contributed by atoms with Crippen LogP contribution in [0, 0.1) is 0 Å². The van der Waals surface area contributed by atoms with Crippen LogP contribution in [-0.2, 0) is 23.8 Å². The Morgan fingerprint density at radius 2 is 0.703 bits per heavy atom. The second kappa shape index (κ2) is 54.4. The van der Waals surface area contributed by atoms with E-state index in [1.165, 1.54) is 122 Å². The fourth-order valence-corrected chi connectivity index (χ4v) is 7.42. The molecule has 5 heteroatoms. The molecule has 1 atom stereocenters. The molecule has 5 nitrogen and oxygen atoms in total. The molecule has 0 fully saturated rings. The van der Waals surface area contributed by atoms with Crippen LogP contribution in [0.1, 0.15) is 252 Å². The van der Waals surface area contributed by atoms with Crippen molar-refractivity contribution in [2.45, 2.75) is 258 Å². The zero-order chi connectivity index (χ0) is 46.3. The van der Waals surface area contributed by atoms with Crippen LogP contribution in [0.15, 0.2) is 85.1 Å². The third-order valence-corrected chi connectivity index (χ3v) is 11.4. The van der Waals surface area contributed by atoms with Crippen LogP contribution in [0.2, 0.25) is 0 Å². The molecule has 0 aliphatic rings. The standard InChI is InChI=1S/C59H102O5/c1-4-7-10-13-16-19-22-25-27-29-30-31-32-35-37-40-43-46-49-52-58(60)63-56-57(64-59(61)53-50-47-44-41-38-34-24-21-18-15-12-9-6-3)55-62-54-51-48-45-42-39-36-33-28-26-23-20-17-14-11-8-5-2/h8-9,11-12,17-18,20-21,25-28,34,38,57H,4-7,10,13-16,19,22-24,29-33,35-37,39-56H2,1-3H3/b11-8-,12-9-,20-17-,21-18-,27-25-,28-26-,38-34-. The maximum Gasteiger partial charge on any atom is 0.306 e. The highest BCUT2D eigenvalue weighted by atomic mass is 16.6. The Hall–Kier alpha value is -2.92. The van der Waals surface area contributed by atoms with Crippen molar-refractivity contribution in [3.05, 3.63) is 85.1 Å². The molecule has 0 heterocycles. The SMILES string of the molecule is CC/C=C\C/C=C\C/C=C\CCCCCCCCOCC(COC(=O)CCCCCCCCCCC/C=C\CCCCCCCC)OC(=O)CCCCC/C=C\C/C=C\C/C=C\CC. The smallest absolute Gasteiger partial charge is 0.306 e. The zero-order valence-electron chi connectivity index (χ0n) is 42.3. The van der Waals surface area contributed by atoms with Gasteiger partial charge in [-0.1, -0.05) is 215 Å². The second-order valence-corrected chi connectivity index (χ2v) is 17.7. The third-order valence-electron chi connectivity index (χ3n) is 11.4. The lowest BCUT2D eigenvalue weighted by Gasteiger charge is -2.18. The number of ether oxygens (including phenoxy) is 3. The van der Waals surface area contributed by atoms with Crippen LogP contribution in [-0.4, -0.2) is 37.9 Å². The van der Waals surface area contributed by atoms with Crippen LogP contribution in [0.3, 0.4) is 0 Å². The monoisotopic (exact) mass is 891 g/mol. The van der Waals surface area contributed by atoms with E-state index in [1.807, 2.05) is 0 Å². The van der Waals surface area contributed by atoms with Gasteiger partial charge >= 0.3 is 11.9 Å². The molecule has 0 N–H and O–H groups in total. The summed E-state index contributed by atoms with van der Waals surface area (Å²) in [6.45, 7) is 7.55. The van der Waals surface area contributed by atoms with E-state index in [0.29, 0.717) is 19.4 Å². The van der Waals surface area contributed by atoms with E-state index in [9.17, 15) is 9.59 Å². The number of hydrogen-bond donors (Lipinski definition) is 0. The van der Waals surface area contributed by atoms with Gasteiger partial charge in [0, 0.05) is 19.4 Å². The molecule has 0 radical (unpaired) electrons. The lowest BCUT2D eigenvalue weighted by molar-refractivity contribution is -0.163. The minimum absolute atomic E-state index is 0.0641. The molecule has 0 aliphatic heterocycles. The number of hydrogen-bond acceptors (Lipinski definition) is 5. The summed E-state index contributed by atoms with van der Waals surface area (Å²) in [5, 5.41) is 0. The molecular weight excluding hydrogens is 789 g/mol. The average molecular weight is 891 g/mol. The van der Waals surface area contributed by atoms with Crippen molar-refractivity contribution in [2.75, 3.05) is 19.8 Å². The Labute approximate surface area is 397 Å². The lowest BCUT2D eigenvalue weighted by Crippen LogP contribution is -2.30. The molecule has 0 aromatic carbocycles. The molecule has 0 spiro atoms. The van der Waals surface area contributed by atoms with Crippen LogP contribution < -0.4 is 0 Å². The molecule has 0 amide bonds. The molecular formula is C59H102O5. The summed E-state index contributed by atoms with van der Waals surface area (Å²) in [6.07, 6.45) is 71.7. The summed E-state index contributed by atoms with van der Waals surface area (Å²) < 4.78 is 17.4. The molecule has 1 unspecified atom stereocenters. The largest absolute Gasteiger partial charge is 0.462 e. The number of allylic oxidation sites excluding steroid dienone is 14. The van der Waals surface area contributed by atoms with Crippen molar-refractivity contribution in [3.63, 3.8) is 0 Å². The molecule has 0 aromatic heterocycles. The molecule has 0 aromatic rings. The van der Waals surface area contributed by atoms with Gasteiger partial charge in [-0.25, -0.2) is 0 Å². The zero-order valence-corrected chi connectivity index (χ0v) is 42.3. The Morgan fingerprint density at radius 1 is 0.359 bits per heavy atom. The summed E-state index contributed by atoms with van der Waals surface area (Å²) in [7, 11) is 0. The predicted molar refractivity (Wildman–Crippen MR) is 279 cm³/mol. The van der Waals surface area contributed by atoms with Gasteiger partial charge in [0.1, 0.15) is 6.61 Å². The first-order valence-corrected chi connectivity index (χ1v) is 27.1. The van der Waals surface area contributed by atoms with Crippen molar-refractivity contribution in [2.24, 2.45) is 0 Å². The van der Waals surface area contributed by atoms with Gasteiger partial charge in [-0.05, 0) is 109 Å². The average Bonchev–Trinajstić information content (AvgIpc) is 3.30. The maximum atomic E-state index is 12.8. The normalized spacial score (nSPS) is 12.9. The minimum Gasteiger partial charge on any atom is -0.462 e. The van der Waals surface area contributed by atoms with Gasteiger partial charge in [0.15, 0.2) is 6.10 Å². The fourth-order valence-electron chi connectivity index (χ4n) is 7.42. The van der Waals surface area contributed by atoms with Gasteiger partial charge < -0.3 is 14.2 Å². The topological polar surface area (TPSA) is 61.8 Å². The third kappa shape index (κ3) is 51.7. The maximum absolute atomic E-state index is 12.8. The van der Waals surface area contributed by atoms with E-state index in [0.717, 1.165) is 96.3 Å². The lowest BCUT2D eigenvalue weighted by atomic mass is 10.1. The van der Waals surface area contributed by atoms with E-state index in [-0.39, 0.29) is 25.2 Å². The highest BCUT2D eigenvalue weighted by molar-refractivity contribution is 5.70. The highest BCUT2D eigenvalue weighted by Gasteiger charge is 2.17. The first-order valence-electron chi connectivity index (χ1n) is 27.1. The number of esters is 2. The Kier molecular flexibility index (Phi) is 51.9. The number of carbonyl (C=O) groups is 2. The van der Waals surface area contributed by atoms with E-state index in [1.54, 1.807) is 0 Å². The number of unbranched alkanes of at least 4 members (excludes halogenated alkanes) is 24.